The molecule has 38 heavy (non-hydrogen) atoms. The summed E-state index contributed by atoms with van der Waals surface area (Å²) >= 11 is 10.2. The molecule has 9 heteroatoms. The number of aryl methyl sites for hydroxylation is 1. The van der Waals surface area contributed by atoms with E-state index in [1.165, 1.54) is 14.9 Å². The Labute approximate surface area is 242 Å². The van der Waals surface area contributed by atoms with Crippen molar-refractivity contribution in [2.75, 3.05) is 6.61 Å². The molecule has 1 aliphatic heterocycles. The van der Waals surface area contributed by atoms with E-state index in [0.717, 1.165) is 22.6 Å². The Kier molecular flexibility index (Phi) is 7.48. The molecule has 0 N–H and O–H groups in total. The molecule has 194 valence electrons. The Morgan fingerprint density at radius 3 is 2.55 bits per heavy atom. The van der Waals surface area contributed by atoms with Crippen LogP contribution in [0.5, 0.6) is 0 Å². The van der Waals surface area contributed by atoms with E-state index < -0.39 is 12.0 Å². The van der Waals surface area contributed by atoms with Gasteiger partial charge < -0.3 is 9.30 Å². The third-order valence-electron chi connectivity index (χ3n) is 6.56. The number of fused-ring (bicyclic) bond motifs is 1. The summed E-state index contributed by atoms with van der Waals surface area (Å²) in [5.41, 5.74) is 5.35. The van der Waals surface area contributed by atoms with E-state index in [4.69, 9.17) is 16.3 Å². The topological polar surface area (TPSA) is 65.6 Å². The number of hydrogen-bond acceptors (Lipinski definition) is 5. The molecule has 0 bridgehead atoms. The van der Waals surface area contributed by atoms with Crippen LogP contribution in [0.4, 0.5) is 0 Å². The molecule has 1 unspecified atom stereocenters. The highest BCUT2D eigenvalue weighted by molar-refractivity contribution is 14.1. The first-order valence-electron chi connectivity index (χ1n) is 12.1. The van der Waals surface area contributed by atoms with E-state index in [0.29, 0.717) is 31.2 Å². The predicted octanol–water partition coefficient (Wildman–Crippen LogP) is 5.46. The highest BCUT2D eigenvalue weighted by Gasteiger charge is 2.34. The number of allylic oxidation sites excluding steroid dienone is 1. The fourth-order valence-corrected chi connectivity index (χ4v) is 6.48. The number of hydrogen-bond donors (Lipinski definition) is 0. The van der Waals surface area contributed by atoms with Gasteiger partial charge in [-0.1, -0.05) is 41.1 Å². The van der Waals surface area contributed by atoms with Gasteiger partial charge in [0.15, 0.2) is 4.80 Å². The smallest absolute Gasteiger partial charge is 0.338 e. The minimum Gasteiger partial charge on any atom is -0.463 e. The first-order valence-corrected chi connectivity index (χ1v) is 14.4. The summed E-state index contributed by atoms with van der Waals surface area (Å²) in [5, 5.41) is 0.463. The number of benzene rings is 2. The minimum atomic E-state index is -0.736. The molecule has 0 saturated carbocycles. The van der Waals surface area contributed by atoms with Crippen LogP contribution in [0, 0.1) is 17.4 Å². The van der Waals surface area contributed by atoms with Crippen molar-refractivity contribution < 1.29 is 9.53 Å². The molecular formula is C29H25ClIN3O3S. The molecule has 1 aliphatic rings. The second-order valence-electron chi connectivity index (χ2n) is 8.96. The Bertz CT molecular complexity index is 1780. The van der Waals surface area contributed by atoms with Gasteiger partial charge in [0.05, 0.1) is 22.4 Å². The van der Waals surface area contributed by atoms with Gasteiger partial charge in [0.25, 0.3) is 5.56 Å². The van der Waals surface area contributed by atoms with Gasteiger partial charge in [0.2, 0.25) is 0 Å². The number of carbonyl (C=O) groups excluding carboxylic acids is 1. The Morgan fingerprint density at radius 1 is 1.16 bits per heavy atom. The first-order chi connectivity index (χ1) is 18.2. The van der Waals surface area contributed by atoms with E-state index >= 15 is 0 Å². The predicted molar refractivity (Wildman–Crippen MR) is 160 cm³/mol. The molecule has 0 radical (unpaired) electrons. The lowest BCUT2D eigenvalue weighted by Gasteiger charge is -2.25. The van der Waals surface area contributed by atoms with Gasteiger partial charge in [0.1, 0.15) is 6.04 Å². The van der Waals surface area contributed by atoms with Crippen LogP contribution < -0.4 is 14.9 Å². The molecular weight excluding hydrogens is 633 g/mol. The van der Waals surface area contributed by atoms with E-state index in [1.54, 1.807) is 24.5 Å². The quantitative estimate of drug-likeness (QED) is 0.212. The lowest BCUT2D eigenvalue weighted by Crippen LogP contribution is -2.40. The molecule has 5 rings (SSSR count). The number of carbonyl (C=O) groups is 1. The van der Waals surface area contributed by atoms with Crippen molar-refractivity contribution in [2.24, 2.45) is 4.99 Å². The summed E-state index contributed by atoms with van der Waals surface area (Å²) in [6.07, 6.45) is 1.91. The third-order valence-corrected chi connectivity index (χ3v) is 8.60. The molecule has 6 nitrogen and oxygen atoms in total. The maximum absolute atomic E-state index is 13.9. The monoisotopic (exact) mass is 657 g/mol. The van der Waals surface area contributed by atoms with Gasteiger partial charge in [-0.3, -0.25) is 9.36 Å². The van der Waals surface area contributed by atoms with Crippen molar-refractivity contribution >= 4 is 57.6 Å². The number of nitrogens with zero attached hydrogens (tertiary/aromatic N) is 3. The molecule has 0 aliphatic carbocycles. The van der Waals surface area contributed by atoms with E-state index in [9.17, 15) is 9.59 Å². The van der Waals surface area contributed by atoms with Crippen molar-refractivity contribution in [3.63, 3.8) is 0 Å². The summed E-state index contributed by atoms with van der Waals surface area (Å²) in [5.74, 6) is -0.506. The van der Waals surface area contributed by atoms with Crippen LogP contribution in [0.2, 0.25) is 5.02 Å². The van der Waals surface area contributed by atoms with Gasteiger partial charge in [-0.25, -0.2) is 9.79 Å². The average molecular weight is 658 g/mol. The fraction of sp³-hybridized carbons (Fsp3) is 0.207. The number of thiazole rings is 1. The average Bonchev–Trinajstić information content (AvgIpc) is 3.33. The molecule has 0 fully saturated rings. The van der Waals surface area contributed by atoms with Crippen LogP contribution in [0.3, 0.4) is 0 Å². The van der Waals surface area contributed by atoms with Crippen LogP contribution in [-0.4, -0.2) is 21.7 Å². The molecule has 4 aromatic rings. The van der Waals surface area contributed by atoms with Crippen LogP contribution in [0.1, 0.15) is 42.4 Å². The SMILES string of the molecule is CCOC(=O)C1=C(C)N=c2sc(=Cc3cc(C)n(-c4ccc(I)cc4)c3C)c(=O)n2C1c1ccccc1Cl. The maximum atomic E-state index is 13.9. The molecule has 0 saturated heterocycles. The summed E-state index contributed by atoms with van der Waals surface area (Å²) in [6, 6.07) is 16.9. The molecule has 2 aromatic heterocycles. The van der Waals surface area contributed by atoms with Crippen molar-refractivity contribution in [1.29, 1.82) is 0 Å². The normalized spacial score (nSPS) is 15.4. The van der Waals surface area contributed by atoms with Gasteiger partial charge >= 0.3 is 5.97 Å². The van der Waals surface area contributed by atoms with E-state index in [2.05, 4.69) is 69.4 Å². The number of ether oxygens (including phenoxy) is 1. The largest absolute Gasteiger partial charge is 0.463 e. The molecule has 1 atom stereocenters. The van der Waals surface area contributed by atoms with E-state index in [-0.39, 0.29) is 12.2 Å². The summed E-state index contributed by atoms with van der Waals surface area (Å²) < 4.78 is 10.8. The summed E-state index contributed by atoms with van der Waals surface area (Å²) in [7, 11) is 0. The second kappa shape index (κ2) is 10.7. The summed E-state index contributed by atoms with van der Waals surface area (Å²) in [6.45, 7) is 7.83. The highest BCUT2D eigenvalue weighted by atomic mass is 127. The van der Waals surface area contributed by atoms with Gasteiger partial charge in [-0.05, 0) is 104 Å². The van der Waals surface area contributed by atoms with Crippen molar-refractivity contribution in [3.05, 3.63) is 117 Å². The lowest BCUT2D eigenvalue weighted by atomic mass is 9.96. The number of rotatable bonds is 5. The van der Waals surface area contributed by atoms with Crippen LogP contribution in [0.15, 0.2) is 75.7 Å². The maximum Gasteiger partial charge on any atom is 0.338 e. The summed E-state index contributed by atoms with van der Waals surface area (Å²) in [4.78, 5) is 32.1. The van der Waals surface area contributed by atoms with Gasteiger partial charge in [0, 0.05) is 25.7 Å². The van der Waals surface area contributed by atoms with Crippen molar-refractivity contribution in [3.8, 4) is 5.69 Å². The van der Waals surface area contributed by atoms with Crippen LogP contribution in [-0.2, 0) is 9.53 Å². The van der Waals surface area contributed by atoms with Gasteiger partial charge in [-0.2, -0.15) is 0 Å². The minimum absolute atomic E-state index is 0.214. The third kappa shape index (κ3) is 4.69. The Hall–Kier alpha value is -2.95. The van der Waals surface area contributed by atoms with Crippen molar-refractivity contribution in [1.82, 2.24) is 9.13 Å². The number of esters is 1. The van der Waals surface area contributed by atoms with Gasteiger partial charge in [-0.15, -0.1) is 0 Å². The second-order valence-corrected chi connectivity index (χ2v) is 11.6. The zero-order chi connectivity index (χ0) is 27.1. The Morgan fingerprint density at radius 2 is 1.87 bits per heavy atom. The molecule has 0 amide bonds. The standard InChI is InChI=1S/C29H25ClIN3O3S/c1-5-37-28(36)25-17(3)32-29-34(26(25)22-8-6-7-9-23(22)30)27(35)24(38-29)15-19-14-16(2)33(18(19)4)21-12-10-20(31)11-13-21/h6-15,26H,5H2,1-4H3. The fourth-order valence-electron chi connectivity index (χ4n) is 4.85. The Balaban J connectivity index is 1.70. The zero-order valence-corrected chi connectivity index (χ0v) is 25.0. The molecule has 2 aromatic carbocycles. The number of aromatic nitrogens is 2. The van der Waals surface area contributed by atoms with E-state index in [1.807, 2.05) is 31.2 Å². The number of halogens is 2. The first kappa shape index (κ1) is 26.6. The zero-order valence-electron chi connectivity index (χ0n) is 21.3. The van der Waals surface area contributed by atoms with Crippen LogP contribution >= 0.6 is 45.5 Å². The lowest BCUT2D eigenvalue weighted by molar-refractivity contribution is -0.139. The molecule has 0 spiro atoms. The molecule has 3 heterocycles. The van der Waals surface area contributed by atoms with Crippen molar-refractivity contribution in [2.45, 2.75) is 33.7 Å². The highest BCUT2D eigenvalue weighted by Crippen LogP contribution is 2.34. The van der Waals surface area contributed by atoms with Crippen LogP contribution in [0.25, 0.3) is 11.8 Å².